The lowest BCUT2D eigenvalue weighted by atomic mass is 9.73. The summed E-state index contributed by atoms with van der Waals surface area (Å²) < 4.78 is 0. The minimum absolute atomic E-state index is 0.0706. The summed E-state index contributed by atoms with van der Waals surface area (Å²) in [6, 6.07) is 0. The van der Waals surface area contributed by atoms with Crippen LogP contribution in [0.1, 0.15) is 39.5 Å². The second-order valence-corrected chi connectivity index (χ2v) is 4.03. The molecule has 2 unspecified atom stereocenters. The molecule has 1 rings (SSSR count). The van der Waals surface area contributed by atoms with Gasteiger partial charge in [0.1, 0.15) is 0 Å². The van der Waals surface area contributed by atoms with E-state index in [1.54, 1.807) is 0 Å². The van der Waals surface area contributed by atoms with Crippen LogP contribution in [0, 0.1) is 17.8 Å². The van der Waals surface area contributed by atoms with Crippen molar-refractivity contribution in [3.05, 3.63) is 0 Å². The number of aliphatic carboxylic acids is 1. The Hall–Kier alpha value is -0.530. The summed E-state index contributed by atoms with van der Waals surface area (Å²) in [4.78, 5) is 10.9. The molecule has 1 aliphatic rings. The van der Waals surface area contributed by atoms with Crippen LogP contribution < -0.4 is 0 Å². The highest BCUT2D eigenvalue weighted by molar-refractivity contribution is 5.70. The maximum Gasteiger partial charge on any atom is 0.306 e. The Morgan fingerprint density at radius 1 is 1.50 bits per heavy atom. The van der Waals surface area contributed by atoms with Gasteiger partial charge in [0.15, 0.2) is 0 Å². The minimum atomic E-state index is -0.589. The van der Waals surface area contributed by atoms with Gasteiger partial charge in [-0.15, -0.1) is 0 Å². The predicted molar refractivity (Wildman–Crippen MR) is 47.9 cm³/mol. The van der Waals surface area contributed by atoms with Crippen LogP contribution in [0.5, 0.6) is 0 Å². The molecule has 70 valence electrons. The first kappa shape index (κ1) is 9.56. The number of rotatable bonds is 2. The van der Waals surface area contributed by atoms with E-state index in [9.17, 15) is 4.79 Å². The summed E-state index contributed by atoms with van der Waals surface area (Å²) in [7, 11) is 0. The zero-order valence-electron chi connectivity index (χ0n) is 7.92. The largest absolute Gasteiger partial charge is 0.481 e. The van der Waals surface area contributed by atoms with Crippen molar-refractivity contribution in [3.8, 4) is 0 Å². The van der Waals surface area contributed by atoms with Gasteiger partial charge < -0.3 is 5.11 Å². The Kier molecular flexibility index (Phi) is 3.12. The van der Waals surface area contributed by atoms with Crippen molar-refractivity contribution in [1.82, 2.24) is 0 Å². The molecule has 0 bridgehead atoms. The molecule has 0 amide bonds. The maximum absolute atomic E-state index is 10.9. The summed E-state index contributed by atoms with van der Waals surface area (Å²) in [5.74, 6) is 0.375. The molecule has 0 spiro atoms. The minimum Gasteiger partial charge on any atom is -0.481 e. The van der Waals surface area contributed by atoms with E-state index in [1.165, 1.54) is 6.42 Å². The third-order valence-electron chi connectivity index (χ3n) is 3.10. The molecule has 1 aliphatic carbocycles. The lowest BCUT2D eigenvalue weighted by Crippen LogP contribution is -2.29. The fourth-order valence-corrected chi connectivity index (χ4v) is 2.23. The van der Waals surface area contributed by atoms with Crippen molar-refractivity contribution in [2.24, 2.45) is 17.8 Å². The van der Waals surface area contributed by atoms with Gasteiger partial charge >= 0.3 is 5.97 Å². The summed E-state index contributed by atoms with van der Waals surface area (Å²) in [6.45, 7) is 4.25. The molecular weight excluding hydrogens is 152 g/mol. The van der Waals surface area contributed by atoms with Crippen LogP contribution in [0.3, 0.4) is 0 Å². The van der Waals surface area contributed by atoms with Crippen LogP contribution >= 0.6 is 0 Å². The van der Waals surface area contributed by atoms with Crippen LogP contribution in [0.4, 0.5) is 0 Å². The van der Waals surface area contributed by atoms with Gasteiger partial charge in [-0.1, -0.05) is 26.7 Å². The van der Waals surface area contributed by atoms with E-state index in [0.29, 0.717) is 11.8 Å². The molecule has 1 N–H and O–H groups in total. The Morgan fingerprint density at radius 3 is 2.67 bits per heavy atom. The first-order chi connectivity index (χ1) is 5.65. The van der Waals surface area contributed by atoms with Crippen LogP contribution in [0.25, 0.3) is 0 Å². The van der Waals surface area contributed by atoms with Gasteiger partial charge in [0, 0.05) is 0 Å². The Labute approximate surface area is 74.0 Å². The zero-order chi connectivity index (χ0) is 9.14. The number of carboxylic acids is 1. The zero-order valence-corrected chi connectivity index (χ0v) is 7.92. The Morgan fingerprint density at radius 2 is 2.17 bits per heavy atom. The van der Waals surface area contributed by atoms with Gasteiger partial charge in [0.2, 0.25) is 0 Å². The highest BCUT2D eigenvalue weighted by Crippen LogP contribution is 2.35. The molecule has 1 saturated carbocycles. The third-order valence-corrected chi connectivity index (χ3v) is 3.10. The SMILES string of the molecule is CCC1CCC(C)C[C@@H]1C(=O)O. The van der Waals surface area contributed by atoms with E-state index < -0.39 is 5.97 Å². The van der Waals surface area contributed by atoms with Crippen molar-refractivity contribution in [2.75, 3.05) is 0 Å². The van der Waals surface area contributed by atoms with Gasteiger partial charge in [0.05, 0.1) is 5.92 Å². The third kappa shape index (κ3) is 1.99. The second-order valence-electron chi connectivity index (χ2n) is 4.03. The first-order valence-electron chi connectivity index (χ1n) is 4.88. The predicted octanol–water partition coefficient (Wildman–Crippen LogP) is 2.53. The van der Waals surface area contributed by atoms with E-state index in [2.05, 4.69) is 13.8 Å². The highest BCUT2D eigenvalue weighted by Gasteiger charge is 2.32. The molecule has 0 aliphatic heterocycles. The van der Waals surface area contributed by atoms with Crippen LogP contribution in [-0.4, -0.2) is 11.1 Å². The van der Waals surface area contributed by atoms with Gasteiger partial charge in [0.25, 0.3) is 0 Å². The summed E-state index contributed by atoms with van der Waals surface area (Å²) in [5, 5.41) is 8.96. The molecule has 2 nitrogen and oxygen atoms in total. The molecule has 2 heteroatoms. The van der Waals surface area contributed by atoms with E-state index in [-0.39, 0.29) is 5.92 Å². The first-order valence-corrected chi connectivity index (χ1v) is 4.88. The van der Waals surface area contributed by atoms with Crippen LogP contribution in [-0.2, 0) is 4.79 Å². The Balaban J connectivity index is 2.58. The molecule has 12 heavy (non-hydrogen) atoms. The molecule has 0 radical (unpaired) electrons. The standard InChI is InChI=1S/C10H18O2/c1-3-8-5-4-7(2)6-9(8)10(11)12/h7-9H,3-6H2,1-2H3,(H,11,12)/t7?,8?,9-/m0/s1. The van der Waals surface area contributed by atoms with Crippen LogP contribution in [0.2, 0.25) is 0 Å². The van der Waals surface area contributed by atoms with Crippen LogP contribution in [0.15, 0.2) is 0 Å². The molecular formula is C10H18O2. The fourth-order valence-electron chi connectivity index (χ4n) is 2.23. The highest BCUT2D eigenvalue weighted by atomic mass is 16.4. The second kappa shape index (κ2) is 3.92. The van der Waals surface area contributed by atoms with Crippen molar-refractivity contribution in [2.45, 2.75) is 39.5 Å². The molecule has 0 aromatic carbocycles. The smallest absolute Gasteiger partial charge is 0.306 e. The fraction of sp³-hybridized carbons (Fsp3) is 0.900. The van der Waals surface area contributed by atoms with E-state index in [4.69, 9.17) is 5.11 Å². The number of hydrogen-bond donors (Lipinski definition) is 1. The molecule has 0 heterocycles. The number of carbonyl (C=O) groups is 1. The Bertz CT molecular complexity index is 165. The topological polar surface area (TPSA) is 37.3 Å². The molecule has 0 saturated heterocycles. The quantitative estimate of drug-likeness (QED) is 0.691. The average molecular weight is 170 g/mol. The van der Waals surface area contributed by atoms with Gasteiger partial charge in [-0.3, -0.25) is 4.79 Å². The average Bonchev–Trinajstić information content (AvgIpc) is 2.04. The van der Waals surface area contributed by atoms with E-state index >= 15 is 0 Å². The maximum atomic E-state index is 10.9. The lowest BCUT2D eigenvalue weighted by molar-refractivity contribution is -0.145. The van der Waals surface area contributed by atoms with Gasteiger partial charge in [-0.2, -0.15) is 0 Å². The summed E-state index contributed by atoms with van der Waals surface area (Å²) >= 11 is 0. The molecule has 0 aromatic rings. The molecule has 0 aromatic heterocycles. The molecule has 3 atom stereocenters. The normalized spacial score (nSPS) is 36.3. The number of carboxylic acid groups (broad SMARTS) is 1. The molecule has 1 fully saturated rings. The van der Waals surface area contributed by atoms with Gasteiger partial charge in [-0.05, 0) is 24.7 Å². The summed E-state index contributed by atoms with van der Waals surface area (Å²) in [5.41, 5.74) is 0. The summed E-state index contributed by atoms with van der Waals surface area (Å²) in [6.07, 6.45) is 4.22. The van der Waals surface area contributed by atoms with Crippen molar-refractivity contribution >= 4 is 5.97 Å². The van der Waals surface area contributed by atoms with Crippen molar-refractivity contribution in [3.63, 3.8) is 0 Å². The van der Waals surface area contributed by atoms with E-state index in [1.807, 2.05) is 0 Å². The van der Waals surface area contributed by atoms with E-state index in [0.717, 1.165) is 19.3 Å². The van der Waals surface area contributed by atoms with Crippen molar-refractivity contribution in [1.29, 1.82) is 0 Å². The number of hydrogen-bond acceptors (Lipinski definition) is 1. The monoisotopic (exact) mass is 170 g/mol. The van der Waals surface area contributed by atoms with Gasteiger partial charge in [-0.25, -0.2) is 0 Å². The lowest BCUT2D eigenvalue weighted by Gasteiger charge is -2.31. The van der Waals surface area contributed by atoms with Crippen molar-refractivity contribution < 1.29 is 9.90 Å².